The number of benzene rings is 1. The van der Waals surface area contributed by atoms with Gasteiger partial charge in [-0.3, -0.25) is 0 Å². The molecular formula is C18H17ClN6O2. The van der Waals surface area contributed by atoms with Gasteiger partial charge in [-0.2, -0.15) is 5.10 Å². The van der Waals surface area contributed by atoms with Crippen LogP contribution < -0.4 is 5.73 Å². The average molecular weight is 385 g/mol. The van der Waals surface area contributed by atoms with Crippen LogP contribution in [0.5, 0.6) is 0 Å². The van der Waals surface area contributed by atoms with Crippen molar-refractivity contribution >= 4 is 39.8 Å². The standard InChI is InChI=1S/C18H17ClN6O2/c1-8(2)17-24-14(15-16(20)21-7-22-25(15)17)13-12(19)10-5-4-9(18(26)27-3)6-11(10)23-13/h4-8,23H,1-3H3,(H2,20,21,22). The fraction of sp³-hybridized carbons (Fsp3) is 0.222. The molecule has 4 aromatic rings. The van der Waals surface area contributed by atoms with E-state index in [0.717, 1.165) is 11.2 Å². The molecule has 8 nitrogen and oxygen atoms in total. The number of aromatic amines is 1. The van der Waals surface area contributed by atoms with Gasteiger partial charge in [0.1, 0.15) is 23.4 Å². The minimum absolute atomic E-state index is 0.120. The third-order valence-corrected chi connectivity index (χ3v) is 4.79. The van der Waals surface area contributed by atoms with Crippen LogP contribution in [0.25, 0.3) is 27.8 Å². The Labute approximate surface area is 159 Å². The van der Waals surface area contributed by atoms with Gasteiger partial charge in [0.25, 0.3) is 0 Å². The topological polar surface area (TPSA) is 111 Å². The van der Waals surface area contributed by atoms with Crippen molar-refractivity contribution in [3.8, 4) is 11.4 Å². The Hall–Kier alpha value is -3.13. The number of hydrogen-bond donors (Lipinski definition) is 2. The molecule has 0 bridgehead atoms. The summed E-state index contributed by atoms with van der Waals surface area (Å²) in [6.45, 7) is 4.04. The number of nitrogens with one attached hydrogen (secondary N) is 1. The van der Waals surface area contributed by atoms with Gasteiger partial charge in [0, 0.05) is 16.8 Å². The summed E-state index contributed by atoms with van der Waals surface area (Å²) in [7, 11) is 1.34. The summed E-state index contributed by atoms with van der Waals surface area (Å²) in [6.07, 6.45) is 1.40. The summed E-state index contributed by atoms with van der Waals surface area (Å²) in [4.78, 5) is 23.9. The number of carbonyl (C=O) groups excluding carboxylic acids is 1. The minimum Gasteiger partial charge on any atom is -0.465 e. The van der Waals surface area contributed by atoms with Crippen LogP contribution >= 0.6 is 11.6 Å². The van der Waals surface area contributed by atoms with Gasteiger partial charge in [0.05, 0.1) is 23.4 Å². The molecule has 1 aromatic carbocycles. The first-order valence-electron chi connectivity index (χ1n) is 8.31. The Morgan fingerprint density at radius 2 is 2.15 bits per heavy atom. The van der Waals surface area contributed by atoms with Gasteiger partial charge >= 0.3 is 5.97 Å². The van der Waals surface area contributed by atoms with E-state index in [-0.39, 0.29) is 5.92 Å². The largest absolute Gasteiger partial charge is 0.465 e. The number of esters is 1. The van der Waals surface area contributed by atoms with Crippen LogP contribution in [-0.4, -0.2) is 37.6 Å². The van der Waals surface area contributed by atoms with E-state index in [2.05, 4.69) is 15.1 Å². The van der Waals surface area contributed by atoms with Gasteiger partial charge in [-0.25, -0.2) is 19.3 Å². The van der Waals surface area contributed by atoms with Crippen molar-refractivity contribution in [3.63, 3.8) is 0 Å². The second-order valence-electron chi connectivity index (χ2n) is 6.44. The number of rotatable bonds is 3. The smallest absolute Gasteiger partial charge is 0.337 e. The summed E-state index contributed by atoms with van der Waals surface area (Å²) in [5.41, 5.74) is 8.97. The van der Waals surface area contributed by atoms with Gasteiger partial charge < -0.3 is 15.5 Å². The lowest BCUT2D eigenvalue weighted by Gasteiger charge is -2.02. The molecule has 0 aliphatic rings. The molecule has 3 heterocycles. The summed E-state index contributed by atoms with van der Waals surface area (Å²) in [5, 5.41) is 5.54. The van der Waals surface area contributed by atoms with Crippen LogP contribution in [0.4, 0.5) is 5.82 Å². The molecule has 0 fully saturated rings. The predicted molar refractivity (Wildman–Crippen MR) is 103 cm³/mol. The van der Waals surface area contributed by atoms with Crippen LogP contribution in [0.1, 0.15) is 35.9 Å². The highest BCUT2D eigenvalue weighted by molar-refractivity contribution is 6.38. The van der Waals surface area contributed by atoms with Crippen molar-refractivity contribution in [1.29, 1.82) is 0 Å². The number of imidazole rings is 1. The number of halogens is 1. The van der Waals surface area contributed by atoms with Gasteiger partial charge in [0.2, 0.25) is 0 Å². The van der Waals surface area contributed by atoms with Crippen molar-refractivity contribution in [2.75, 3.05) is 12.8 Å². The lowest BCUT2D eigenvalue weighted by atomic mass is 10.1. The van der Waals surface area contributed by atoms with Crippen molar-refractivity contribution in [3.05, 3.63) is 40.9 Å². The van der Waals surface area contributed by atoms with Gasteiger partial charge in [-0.05, 0) is 12.1 Å². The van der Waals surface area contributed by atoms with Gasteiger partial charge in [-0.1, -0.05) is 31.5 Å². The minimum atomic E-state index is -0.420. The van der Waals surface area contributed by atoms with E-state index >= 15 is 0 Å². The lowest BCUT2D eigenvalue weighted by molar-refractivity contribution is 0.0601. The van der Waals surface area contributed by atoms with Crippen LogP contribution in [0.2, 0.25) is 5.02 Å². The molecule has 9 heteroatoms. The van der Waals surface area contributed by atoms with Crippen LogP contribution in [0.15, 0.2) is 24.5 Å². The summed E-state index contributed by atoms with van der Waals surface area (Å²) >= 11 is 6.62. The van der Waals surface area contributed by atoms with E-state index in [1.807, 2.05) is 13.8 Å². The van der Waals surface area contributed by atoms with Crippen molar-refractivity contribution in [1.82, 2.24) is 24.6 Å². The first-order valence-corrected chi connectivity index (χ1v) is 8.69. The Morgan fingerprint density at radius 1 is 1.37 bits per heavy atom. The van der Waals surface area contributed by atoms with Gasteiger partial charge in [0.15, 0.2) is 5.82 Å². The number of ether oxygens (including phenoxy) is 1. The monoisotopic (exact) mass is 384 g/mol. The molecule has 4 rings (SSSR count). The summed E-state index contributed by atoms with van der Waals surface area (Å²) in [5.74, 6) is 0.759. The van der Waals surface area contributed by atoms with Crippen molar-refractivity contribution in [2.45, 2.75) is 19.8 Å². The molecular weight excluding hydrogens is 368 g/mol. The van der Waals surface area contributed by atoms with E-state index < -0.39 is 5.97 Å². The number of carbonyl (C=O) groups is 1. The van der Waals surface area contributed by atoms with E-state index in [0.29, 0.717) is 38.8 Å². The molecule has 3 N–H and O–H groups in total. The fourth-order valence-corrected chi connectivity index (χ4v) is 3.40. The number of nitrogens with two attached hydrogens (primary N) is 1. The maximum Gasteiger partial charge on any atom is 0.337 e. The number of methoxy groups -OCH3 is 1. The number of hydrogen-bond acceptors (Lipinski definition) is 6. The highest BCUT2D eigenvalue weighted by Crippen LogP contribution is 2.38. The van der Waals surface area contributed by atoms with Crippen molar-refractivity contribution < 1.29 is 9.53 Å². The molecule has 0 amide bonds. The Morgan fingerprint density at radius 3 is 2.85 bits per heavy atom. The van der Waals surface area contributed by atoms with Crippen molar-refractivity contribution in [2.24, 2.45) is 0 Å². The second-order valence-corrected chi connectivity index (χ2v) is 6.82. The molecule has 0 aliphatic heterocycles. The third kappa shape index (κ3) is 2.60. The number of aromatic nitrogens is 5. The maximum atomic E-state index is 11.8. The molecule has 0 unspecified atom stereocenters. The van der Waals surface area contributed by atoms with E-state index in [4.69, 9.17) is 27.1 Å². The number of fused-ring (bicyclic) bond motifs is 2. The van der Waals surface area contributed by atoms with Crippen LogP contribution in [-0.2, 0) is 4.74 Å². The molecule has 3 aromatic heterocycles. The highest BCUT2D eigenvalue weighted by Gasteiger charge is 2.23. The first-order chi connectivity index (χ1) is 12.9. The van der Waals surface area contributed by atoms with E-state index in [9.17, 15) is 4.79 Å². The van der Waals surface area contributed by atoms with E-state index in [1.165, 1.54) is 13.4 Å². The molecule has 27 heavy (non-hydrogen) atoms. The normalized spacial score (nSPS) is 11.6. The lowest BCUT2D eigenvalue weighted by Crippen LogP contribution is -2.03. The zero-order chi connectivity index (χ0) is 19.3. The first kappa shape index (κ1) is 17.3. The Balaban J connectivity index is 2.00. The number of anilines is 1. The number of H-pyrrole nitrogens is 1. The molecule has 0 atom stereocenters. The Bertz CT molecular complexity index is 1190. The molecule has 0 aliphatic carbocycles. The second kappa shape index (κ2) is 6.24. The molecule has 0 spiro atoms. The van der Waals surface area contributed by atoms with Crippen LogP contribution in [0.3, 0.4) is 0 Å². The van der Waals surface area contributed by atoms with Crippen LogP contribution in [0, 0.1) is 0 Å². The average Bonchev–Trinajstić information content (AvgIpc) is 3.20. The fourth-order valence-electron chi connectivity index (χ4n) is 3.10. The quantitative estimate of drug-likeness (QED) is 0.523. The number of nitrogen functional groups attached to an aromatic ring is 1. The third-order valence-electron chi connectivity index (χ3n) is 4.40. The molecule has 0 saturated heterocycles. The summed E-state index contributed by atoms with van der Waals surface area (Å²) in [6, 6.07) is 5.13. The SMILES string of the molecule is COC(=O)c1ccc2c(Cl)c(-c3nc(C(C)C)n4ncnc(N)c34)[nH]c2c1. The zero-order valence-corrected chi connectivity index (χ0v) is 15.7. The zero-order valence-electron chi connectivity index (χ0n) is 14.9. The Kier molecular flexibility index (Phi) is 4.00. The number of nitrogens with zero attached hydrogens (tertiary/aromatic N) is 4. The molecule has 0 radical (unpaired) electrons. The van der Waals surface area contributed by atoms with E-state index in [1.54, 1.807) is 22.7 Å². The summed E-state index contributed by atoms with van der Waals surface area (Å²) < 4.78 is 6.46. The predicted octanol–water partition coefficient (Wildman–Crippen LogP) is 3.42. The highest BCUT2D eigenvalue weighted by atomic mass is 35.5. The van der Waals surface area contributed by atoms with Gasteiger partial charge in [-0.15, -0.1) is 0 Å². The maximum absolute atomic E-state index is 11.8. The molecule has 0 saturated carbocycles. The molecule has 138 valence electrons.